The number of nitrogens with two attached hydrogens (primary N) is 1. The molecule has 3 fully saturated rings. The molecular weight excluding hydrogens is 1220 g/mol. The Kier molecular flexibility index (Phi) is 25.9. The van der Waals surface area contributed by atoms with Crippen LogP contribution in [0.2, 0.25) is 0 Å². The van der Waals surface area contributed by atoms with E-state index in [1.807, 2.05) is 29.2 Å². The molecule has 28 heteroatoms. The Balaban J connectivity index is 0.583. The zero-order valence-corrected chi connectivity index (χ0v) is 54.0. The topological polar surface area (TPSA) is 311 Å². The number of amides is 6. The number of benzene rings is 3. The number of esters is 1. The van der Waals surface area contributed by atoms with Gasteiger partial charge in [-0.1, -0.05) is 24.3 Å². The average molecular weight is 1300 g/mol. The van der Waals surface area contributed by atoms with Crippen LogP contribution in [0.15, 0.2) is 67.0 Å². The molecule has 6 heterocycles. The van der Waals surface area contributed by atoms with E-state index in [1.54, 1.807) is 45.8 Å². The Morgan fingerprint density at radius 1 is 0.681 bits per heavy atom. The molecule has 27 nitrogen and oxygen atoms in total. The lowest BCUT2D eigenvalue weighted by Gasteiger charge is -2.32. The first-order valence-electron chi connectivity index (χ1n) is 32.3. The van der Waals surface area contributed by atoms with Gasteiger partial charge >= 0.3 is 5.97 Å². The van der Waals surface area contributed by atoms with E-state index in [4.69, 9.17) is 39.5 Å². The number of anilines is 3. The summed E-state index contributed by atoms with van der Waals surface area (Å²) in [7, 11) is 4.46. The molecule has 9 rings (SSSR count). The number of likely N-dealkylation sites (tertiary alicyclic amines) is 2. The maximum Gasteiger partial charge on any atom is 0.325 e. The van der Waals surface area contributed by atoms with E-state index in [9.17, 15) is 33.6 Å². The predicted molar refractivity (Wildman–Crippen MR) is 346 cm³/mol. The standard InChI is InChI=1S/C66H87FN14O13/c1-76(43-57(83)70-42-61(87)89-3)60(86)44-81-53-9-7-8-50(51-39-54-48(38-52(51)67)40-72-77(54)2)62(53)63(75-81)47-18-26-79(27-19-47)58(84)15-14-56(82)69-21-29-91-31-33-93-35-37-94-36-34-92-32-30-90-28-20-59(85)80-24-16-46(17-25-80)45-10-12-49(13-11-45)73-66-64(65(68)88)71-41-55(74-66)78-22-5-4-6-23-78/h7-13,38-41,46-47H,4-6,14-37,42-44H2,1-3H3,(H2,68,88)(H,69,82)(H,70,83)(H,73,74). The zero-order chi connectivity index (χ0) is 66.3. The normalized spacial score (nSPS) is 14.7. The minimum atomic E-state index is -0.641. The molecule has 5 N–H and O–H groups in total. The highest BCUT2D eigenvalue weighted by Gasteiger charge is 2.31. The molecule has 0 spiro atoms. The second-order valence-electron chi connectivity index (χ2n) is 23.6. The quantitative estimate of drug-likeness (QED) is 0.0317. The second-order valence-corrected chi connectivity index (χ2v) is 23.6. The van der Waals surface area contributed by atoms with Gasteiger partial charge in [-0.3, -0.25) is 42.9 Å². The van der Waals surface area contributed by atoms with E-state index in [0.717, 1.165) is 55.8 Å². The zero-order valence-electron chi connectivity index (χ0n) is 54.0. The van der Waals surface area contributed by atoms with Crippen molar-refractivity contribution in [3.8, 4) is 11.1 Å². The van der Waals surface area contributed by atoms with Crippen LogP contribution in [-0.4, -0.2) is 225 Å². The number of hydrogen-bond donors (Lipinski definition) is 4. The summed E-state index contributed by atoms with van der Waals surface area (Å²) in [6.45, 7) is 6.91. The SMILES string of the molecule is COC(=O)CNC(=O)CN(C)C(=O)Cn1nc(C2CCN(C(=O)CCC(=O)NCCOCCOCCOCCOCCOCCC(=O)N3CCC(c4ccc(Nc5nc(N6CCCCC6)cnc5C(N)=O)cc4)CC3)CC2)c2c(-c3cc4c(cnn4C)cc3F)cccc21. The van der Waals surface area contributed by atoms with Crippen LogP contribution in [0.4, 0.5) is 21.7 Å². The third kappa shape index (κ3) is 19.5. The Hall–Kier alpha value is -8.70. The number of primary amides is 1. The summed E-state index contributed by atoms with van der Waals surface area (Å²) in [5.74, 6) is -1.79. The van der Waals surface area contributed by atoms with Gasteiger partial charge in [0.25, 0.3) is 5.91 Å². The Morgan fingerprint density at radius 3 is 1.96 bits per heavy atom. The number of piperidine rings is 3. The summed E-state index contributed by atoms with van der Waals surface area (Å²) in [6.07, 6.45) is 9.73. The third-order valence-electron chi connectivity index (χ3n) is 17.2. The number of carbonyl (C=O) groups excluding carboxylic acids is 7. The van der Waals surface area contributed by atoms with Crippen molar-refractivity contribution >= 4 is 80.5 Å². The van der Waals surface area contributed by atoms with Crippen LogP contribution < -0.4 is 26.6 Å². The molecule has 3 aliphatic heterocycles. The van der Waals surface area contributed by atoms with Crippen LogP contribution in [0.3, 0.4) is 0 Å². The number of methoxy groups -OCH3 is 1. The minimum absolute atomic E-state index is 0.0148. The highest BCUT2D eigenvalue weighted by atomic mass is 19.1. The molecule has 0 radical (unpaired) electrons. The smallest absolute Gasteiger partial charge is 0.325 e. The minimum Gasteiger partial charge on any atom is -0.468 e. The van der Waals surface area contributed by atoms with E-state index in [2.05, 4.69) is 47.8 Å². The van der Waals surface area contributed by atoms with Crippen molar-refractivity contribution in [3.05, 3.63) is 89.8 Å². The van der Waals surface area contributed by atoms with Gasteiger partial charge in [0.05, 0.1) is 115 Å². The Labute approximate surface area is 545 Å². The van der Waals surface area contributed by atoms with Gasteiger partial charge in [0, 0.05) is 101 Å². The number of rotatable bonds is 34. The van der Waals surface area contributed by atoms with Crippen LogP contribution in [0, 0.1) is 5.82 Å². The molecule has 0 saturated carbocycles. The number of halogens is 1. The van der Waals surface area contributed by atoms with Crippen LogP contribution in [0.1, 0.15) is 97.8 Å². The average Bonchev–Trinajstić information content (AvgIpc) is 1.59. The number of fused-ring (bicyclic) bond motifs is 2. The van der Waals surface area contributed by atoms with Crippen LogP contribution in [-0.2, 0) is 70.8 Å². The monoisotopic (exact) mass is 1300 g/mol. The van der Waals surface area contributed by atoms with Crippen molar-refractivity contribution in [2.75, 3.05) is 149 Å². The molecule has 3 aromatic heterocycles. The maximum absolute atomic E-state index is 16.0. The number of carbonyl (C=O) groups is 7. The molecule has 0 atom stereocenters. The van der Waals surface area contributed by atoms with Gasteiger partial charge in [-0.2, -0.15) is 10.2 Å². The summed E-state index contributed by atoms with van der Waals surface area (Å²) in [5.41, 5.74) is 10.6. The number of nitrogens with one attached hydrogen (secondary N) is 3. The number of nitrogens with zero attached hydrogens (tertiary/aromatic N) is 10. The van der Waals surface area contributed by atoms with Gasteiger partial charge < -0.3 is 69.7 Å². The second kappa shape index (κ2) is 35.0. The highest BCUT2D eigenvalue weighted by Crippen LogP contribution is 2.40. The van der Waals surface area contributed by atoms with Crippen molar-refractivity contribution in [3.63, 3.8) is 0 Å². The largest absolute Gasteiger partial charge is 0.468 e. The summed E-state index contributed by atoms with van der Waals surface area (Å²) < 4.78 is 51.9. The molecule has 0 aliphatic carbocycles. The molecule has 3 aliphatic rings. The third-order valence-corrected chi connectivity index (χ3v) is 17.2. The van der Waals surface area contributed by atoms with E-state index in [0.29, 0.717) is 150 Å². The van der Waals surface area contributed by atoms with Crippen molar-refractivity contribution in [2.24, 2.45) is 12.8 Å². The molecule has 94 heavy (non-hydrogen) atoms. The number of aromatic nitrogens is 6. The van der Waals surface area contributed by atoms with Crippen molar-refractivity contribution in [1.29, 1.82) is 0 Å². The first-order chi connectivity index (χ1) is 45.6. The lowest BCUT2D eigenvalue weighted by atomic mass is 9.88. The van der Waals surface area contributed by atoms with Crippen LogP contribution in [0.5, 0.6) is 0 Å². The summed E-state index contributed by atoms with van der Waals surface area (Å²) in [5, 5.41) is 19.1. The predicted octanol–water partition coefficient (Wildman–Crippen LogP) is 4.58. The molecule has 3 saturated heterocycles. The van der Waals surface area contributed by atoms with Crippen molar-refractivity contribution < 1.29 is 66.4 Å². The fourth-order valence-corrected chi connectivity index (χ4v) is 11.9. The van der Waals surface area contributed by atoms with Gasteiger partial charge in [0.1, 0.15) is 24.7 Å². The van der Waals surface area contributed by atoms with Gasteiger partial charge in [0.15, 0.2) is 11.5 Å². The van der Waals surface area contributed by atoms with E-state index >= 15 is 4.39 Å². The molecule has 0 bridgehead atoms. The molecule has 6 aromatic rings. The van der Waals surface area contributed by atoms with Crippen LogP contribution in [0.25, 0.3) is 32.9 Å². The molecule has 3 aromatic carbocycles. The van der Waals surface area contributed by atoms with E-state index < -0.39 is 29.5 Å². The van der Waals surface area contributed by atoms with Gasteiger partial charge in [0.2, 0.25) is 29.5 Å². The van der Waals surface area contributed by atoms with E-state index in [-0.39, 0.29) is 75.0 Å². The number of hydrogen-bond acceptors (Lipinski definition) is 19. The lowest BCUT2D eigenvalue weighted by Crippen LogP contribution is -2.41. The molecular formula is C66H87FN14O13. The maximum atomic E-state index is 16.0. The number of likely N-dealkylation sites (N-methyl/N-ethyl adjacent to an activating group) is 1. The molecule has 6 amide bonds. The van der Waals surface area contributed by atoms with Crippen molar-refractivity contribution in [2.45, 2.75) is 82.6 Å². The van der Waals surface area contributed by atoms with Gasteiger partial charge in [-0.15, -0.1) is 0 Å². The highest BCUT2D eigenvalue weighted by molar-refractivity contribution is 6.00. The fourth-order valence-electron chi connectivity index (χ4n) is 11.9. The van der Waals surface area contributed by atoms with Gasteiger partial charge in [-0.05, 0) is 92.3 Å². The number of aryl methyl sites for hydroxylation is 1. The summed E-state index contributed by atoms with van der Waals surface area (Å²) >= 11 is 0. The Bertz CT molecular complexity index is 3550. The lowest BCUT2D eigenvalue weighted by molar-refractivity contribution is -0.141. The first-order valence-corrected chi connectivity index (χ1v) is 32.3. The van der Waals surface area contributed by atoms with Gasteiger partial charge in [-0.25, -0.2) is 14.4 Å². The summed E-state index contributed by atoms with van der Waals surface area (Å²) in [6, 6.07) is 16.7. The van der Waals surface area contributed by atoms with E-state index in [1.165, 1.54) is 37.1 Å². The Morgan fingerprint density at radius 2 is 1.31 bits per heavy atom. The first kappa shape index (κ1) is 69.6. The van der Waals surface area contributed by atoms with Crippen molar-refractivity contribution in [1.82, 2.24) is 54.9 Å². The molecule has 506 valence electrons. The molecule has 0 unspecified atom stereocenters. The summed E-state index contributed by atoms with van der Waals surface area (Å²) in [4.78, 5) is 105. The fraction of sp³-hybridized carbons (Fsp3) is 0.530. The van der Waals surface area contributed by atoms with Crippen LogP contribution >= 0.6 is 0 Å². The number of ether oxygens (including phenoxy) is 6.